The summed E-state index contributed by atoms with van der Waals surface area (Å²) < 4.78 is 28.1. The van der Waals surface area contributed by atoms with E-state index >= 15 is 0 Å². The van der Waals surface area contributed by atoms with Crippen LogP contribution in [-0.2, 0) is 19.4 Å². The van der Waals surface area contributed by atoms with Crippen LogP contribution in [0.15, 0.2) is 18.2 Å². The molecule has 0 spiro atoms. The SMILES string of the molecule is CCN(C(=O)COC(=O)c1ccc(C)cc1O)C1CCS(=O)(=O)C1. The zero-order chi connectivity index (χ0) is 17.9. The summed E-state index contributed by atoms with van der Waals surface area (Å²) in [6, 6.07) is 4.14. The van der Waals surface area contributed by atoms with Crippen molar-refractivity contribution in [2.75, 3.05) is 24.7 Å². The number of likely N-dealkylation sites (N-methyl/N-ethyl adjacent to an activating group) is 1. The van der Waals surface area contributed by atoms with E-state index < -0.39 is 28.3 Å². The quantitative estimate of drug-likeness (QED) is 0.787. The maximum Gasteiger partial charge on any atom is 0.342 e. The molecule has 1 N–H and O–H groups in total. The number of ether oxygens (including phenoxy) is 1. The number of esters is 1. The number of benzene rings is 1. The van der Waals surface area contributed by atoms with Crippen molar-refractivity contribution < 1.29 is 27.9 Å². The fourth-order valence-corrected chi connectivity index (χ4v) is 4.49. The van der Waals surface area contributed by atoms with Gasteiger partial charge in [-0.25, -0.2) is 13.2 Å². The number of hydrogen-bond donors (Lipinski definition) is 1. The van der Waals surface area contributed by atoms with Gasteiger partial charge in [-0.2, -0.15) is 0 Å². The number of aryl methyl sites for hydroxylation is 1. The minimum absolute atomic E-state index is 0.0140. The van der Waals surface area contributed by atoms with E-state index in [-0.39, 0.29) is 28.9 Å². The molecule has 2 rings (SSSR count). The molecule has 0 aromatic heterocycles. The Morgan fingerprint density at radius 1 is 1.38 bits per heavy atom. The summed E-state index contributed by atoms with van der Waals surface area (Å²) in [5.41, 5.74) is 0.777. The predicted molar refractivity (Wildman–Crippen MR) is 87.6 cm³/mol. The number of phenols is 1. The van der Waals surface area contributed by atoms with Gasteiger partial charge in [-0.1, -0.05) is 6.07 Å². The second-order valence-corrected chi connectivity index (χ2v) is 8.06. The molecule has 7 nitrogen and oxygen atoms in total. The summed E-state index contributed by atoms with van der Waals surface area (Å²) >= 11 is 0. The van der Waals surface area contributed by atoms with Gasteiger partial charge in [-0.05, 0) is 38.0 Å². The van der Waals surface area contributed by atoms with Crippen LogP contribution in [0, 0.1) is 6.92 Å². The molecule has 1 aliphatic heterocycles. The maximum absolute atomic E-state index is 12.2. The predicted octanol–water partition coefficient (Wildman–Crippen LogP) is 0.893. The molecule has 1 unspecified atom stereocenters. The third-order valence-corrected chi connectivity index (χ3v) is 5.76. The smallest absolute Gasteiger partial charge is 0.342 e. The third kappa shape index (κ3) is 4.25. The number of carbonyl (C=O) groups excluding carboxylic acids is 2. The van der Waals surface area contributed by atoms with Gasteiger partial charge in [0, 0.05) is 12.6 Å². The van der Waals surface area contributed by atoms with Crippen molar-refractivity contribution in [3.63, 3.8) is 0 Å². The third-order valence-electron chi connectivity index (χ3n) is 4.01. The highest BCUT2D eigenvalue weighted by atomic mass is 32.2. The molecule has 1 fully saturated rings. The standard InChI is InChI=1S/C16H21NO6S/c1-3-17(12-6-7-24(21,22)10-12)15(19)9-23-16(20)13-5-4-11(2)8-14(13)18/h4-5,8,12,18H,3,6-7,9-10H2,1-2H3. The minimum Gasteiger partial charge on any atom is -0.507 e. The van der Waals surface area contributed by atoms with E-state index in [0.717, 1.165) is 5.56 Å². The highest BCUT2D eigenvalue weighted by Gasteiger charge is 2.34. The van der Waals surface area contributed by atoms with Crippen molar-refractivity contribution >= 4 is 21.7 Å². The van der Waals surface area contributed by atoms with Crippen LogP contribution in [0.25, 0.3) is 0 Å². The molecule has 24 heavy (non-hydrogen) atoms. The maximum atomic E-state index is 12.2. The van der Waals surface area contributed by atoms with Gasteiger partial charge in [0.05, 0.1) is 11.5 Å². The first kappa shape index (κ1) is 18.3. The van der Waals surface area contributed by atoms with E-state index in [2.05, 4.69) is 0 Å². The first-order chi connectivity index (χ1) is 11.2. The van der Waals surface area contributed by atoms with Gasteiger partial charge in [0.15, 0.2) is 16.4 Å². The molecule has 132 valence electrons. The molecule has 0 saturated carbocycles. The van der Waals surface area contributed by atoms with Crippen LogP contribution in [0.3, 0.4) is 0 Å². The van der Waals surface area contributed by atoms with Crippen LogP contribution >= 0.6 is 0 Å². The Hall–Kier alpha value is -2.09. The number of aromatic hydroxyl groups is 1. The Kier molecular flexibility index (Phi) is 5.48. The van der Waals surface area contributed by atoms with Gasteiger partial charge in [0.1, 0.15) is 11.3 Å². The fraction of sp³-hybridized carbons (Fsp3) is 0.500. The van der Waals surface area contributed by atoms with Crippen molar-refractivity contribution in [1.82, 2.24) is 4.90 Å². The first-order valence-corrected chi connectivity index (χ1v) is 9.52. The molecule has 1 aliphatic rings. The van der Waals surface area contributed by atoms with Gasteiger partial charge in [0.2, 0.25) is 0 Å². The second-order valence-electron chi connectivity index (χ2n) is 5.83. The van der Waals surface area contributed by atoms with Crippen molar-refractivity contribution in [2.24, 2.45) is 0 Å². The molecular weight excluding hydrogens is 334 g/mol. The van der Waals surface area contributed by atoms with E-state index in [1.54, 1.807) is 19.9 Å². The normalized spacial score (nSPS) is 19.0. The average Bonchev–Trinajstić information content (AvgIpc) is 2.85. The summed E-state index contributed by atoms with van der Waals surface area (Å²) in [5.74, 6) is -1.44. The van der Waals surface area contributed by atoms with E-state index in [4.69, 9.17) is 4.74 Å². The van der Waals surface area contributed by atoms with Crippen LogP contribution in [0.2, 0.25) is 0 Å². The van der Waals surface area contributed by atoms with Crippen molar-refractivity contribution in [3.05, 3.63) is 29.3 Å². The lowest BCUT2D eigenvalue weighted by atomic mass is 10.1. The van der Waals surface area contributed by atoms with Crippen LogP contribution in [0.5, 0.6) is 5.75 Å². The van der Waals surface area contributed by atoms with Crippen LogP contribution in [0.1, 0.15) is 29.3 Å². The number of nitrogens with zero attached hydrogens (tertiary/aromatic N) is 1. The molecular formula is C16H21NO6S. The van der Waals surface area contributed by atoms with E-state index in [1.807, 2.05) is 0 Å². The van der Waals surface area contributed by atoms with Gasteiger partial charge in [0.25, 0.3) is 5.91 Å². The zero-order valence-corrected chi connectivity index (χ0v) is 14.5. The van der Waals surface area contributed by atoms with Crippen molar-refractivity contribution in [1.29, 1.82) is 0 Å². The van der Waals surface area contributed by atoms with Crippen LogP contribution < -0.4 is 0 Å². The fourth-order valence-electron chi connectivity index (χ4n) is 2.76. The van der Waals surface area contributed by atoms with Gasteiger partial charge >= 0.3 is 5.97 Å². The average molecular weight is 355 g/mol. The lowest BCUT2D eigenvalue weighted by molar-refractivity contribution is -0.136. The van der Waals surface area contributed by atoms with Gasteiger partial charge < -0.3 is 14.7 Å². The second kappa shape index (κ2) is 7.21. The largest absolute Gasteiger partial charge is 0.507 e. The zero-order valence-electron chi connectivity index (χ0n) is 13.7. The molecule has 0 aliphatic carbocycles. The number of carbonyl (C=O) groups is 2. The number of amides is 1. The van der Waals surface area contributed by atoms with Crippen molar-refractivity contribution in [2.45, 2.75) is 26.3 Å². The summed E-state index contributed by atoms with van der Waals surface area (Å²) in [7, 11) is -3.10. The highest BCUT2D eigenvalue weighted by molar-refractivity contribution is 7.91. The Bertz CT molecular complexity index is 743. The summed E-state index contributed by atoms with van der Waals surface area (Å²) in [4.78, 5) is 25.6. The molecule has 1 aromatic rings. The van der Waals surface area contributed by atoms with Crippen LogP contribution in [0.4, 0.5) is 0 Å². The van der Waals surface area contributed by atoms with Crippen molar-refractivity contribution in [3.8, 4) is 5.75 Å². The summed E-state index contributed by atoms with van der Waals surface area (Å²) in [6.45, 7) is 3.37. The lowest BCUT2D eigenvalue weighted by Crippen LogP contribution is -2.43. The molecule has 1 atom stereocenters. The molecule has 1 heterocycles. The van der Waals surface area contributed by atoms with Crippen LogP contribution in [-0.4, -0.2) is 61.0 Å². The van der Waals surface area contributed by atoms with E-state index in [9.17, 15) is 23.1 Å². The Morgan fingerprint density at radius 3 is 2.62 bits per heavy atom. The Morgan fingerprint density at radius 2 is 2.08 bits per heavy atom. The number of hydrogen-bond acceptors (Lipinski definition) is 6. The molecule has 8 heteroatoms. The number of sulfone groups is 1. The Labute approximate surface area is 141 Å². The van der Waals surface area contributed by atoms with Gasteiger partial charge in [-0.15, -0.1) is 0 Å². The molecule has 1 aromatic carbocycles. The summed E-state index contributed by atoms with van der Waals surface area (Å²) in [5, 5.41) is 9.75. The van der Waals surface area contributed by atoms with E-state index in [0.29, 0.717) is 13.0 Å². The monoisotopic (exact) mass is 355 g/mol. The molecule has 1 saturated heterocycles. The topological polar surface area (TPSA) is 101 Å². The number of phenolic OH excluding ortho intramolecular Hbond substituents is 1. The Balaban J connectivity index is 1.97. The number of rotatable bonds is 5. The van der Waals surface area contributed by atoms with Gasteiger partial charge in [-0.3, -0.25) is 4.79 Å². The molecule has 1 amide bonds. The highest BCUT2D eigenvalue weighted by Crippen LogP contribution is 2.20. The molecule has 0 bridgehead atoms. The summed E-state index contributed by atoms with van der Waals surface area (Å²) in [6.07, 6.45) is 0.397. The lowest BCUT2D eigenvalue weighted by Gasteiger charge is -2.26. The first-order valence-electron chi connectivity index (χ1n) is 7.70. The van der Waals surface area contributed by atoms with E-state index in [1.165, 1.54) is 17.0 Å². The minimum atomic E-state index is -3.10. The molecule has 0 radical (unpaired) electrons.